The van der Waals surface area contributed by atoms with Crippen LogP contribution in [0.25, 0.3) is 0 Å². The number of quaternary nitrogens is 1. The molecule has 0 radical (unpaired) electrons. The summed E-state index contributed by atoms with van der Waals surface area (Å²) in [7, 11) is -0.637. The Bertz CT molecular complexity index is 889. The van der Waals surface area contributed by atoms with Gasteiger partial charge in [0.05, 0.1) is 18.0 Å². The quantitative estimate of drug-likeness (QED) is 0.662. The van der Waals surface area contributed by atoms with Crippen LogP contribution >= 0.6 is 0 Å². The molecule has 0 saturated carbocycles. The van der Waals surface area contributed by atoms with E-state index in [0.717, 1.165) is 29.5 Å². The first-order chi connectivity index (χ1) is 13.3. The van der Waals surface area contributed by atoms with Gasteiger partial charge in [-0.25, -0.2) is 12.7 Å². The molecule has 2 aromatic rings. The minimum atomic E-state index is -3.57. The number of amides is 1. The highest BCUT2D eigenvalue weighted by molar-refractivity contribution is 7.89. The van der Waals surface area contributed by atoms with E-state index in [1.54, 1.807) is 12.1 Å². The van der Waals surface area contributed by atoms with Crippen molar-refractivity contribution in [1.82, 2.24) is 9.62 Å². The summed E-state index contributed by atoms with van der Waals surface area (Å²) in [6.07, 6.45) is 0. The van der Waals surface area contributed by atoms with Crippen LogP contribution in [0.4, 0.5) is 0 Å². The maximum Gasteiger partial charge on any atom is 0.251 e. The largest absolute Gasteiger partial charge is 0.348 e. The number of rotatable bonds is 9. The number of hydrogen-bond donors (Lipinski definition) is 2. The van der Waals surface area contributed by atoms with Gasteiger partial charge in [-0.2, -0.15) is 0 Å². The molecular weight excluding hydrogens is 374 g/mol. The van der Waals surface area contributed by atoms with Crippen molar-refractivity contribution in [1.29, 1.82) is 0 Å². The van der Waals surface area contributed by atoms with E-state index in [1.807, 2.05) is 12.1 Å². The van der Waals surface area contributed by atoms with E-state index in [4.69, 9.17) is 0 Å². The van der Waals surface area contributed by atoms with Crippen molar-refractivity contribution in [2.24, 2.45) is 0 Å². The van der Waals surface area contributed by atoms with Crippen LogP contribution in [-0.2, 0) is 23.1 Å². The third-order valence-corrected chi connectivity index (χ3v) is 6.62. The van der Waals surface area contributed by atoms with Gasteiger partial charge in [0, 0.05) is 31.8 Å². The molecule has 0 saturated heterocycles. The Morgan fingerprint density at radius 2 is 1.61 bits per heavy atom. The molecule has 0 aliphatic rings. The van der Waals surface area contributed by atoms with Gasteiger partial charge in [0.1, 0.15) is 6.54 Å². The van der Waals surface area contributed by atoms with Crippen molar-refractivity contribution in [3.05, 3.63) is 65.2 Å². The van der Waals surface area contributed by atoms with Crippen LogP contribution < -0.4 is 10.2 Å². The van der Waals surface area contributed by atoms with Gasteiger partial charge in [-0.05, 0) is 37.6 Å². The molecule has 0 heterocycles. The number of carbonyl (C=O) groups excluding carboxylic acids is 1. The molecule has 2 N–H and O–H groups in total. The highest BCUT2D eigenvalue weighted by Crippen LogP contribution is 2.15. The van der Waals surface area contributed by atoms with Crippen LogP contribution in [0.1, 0.15) is 35.3 Å². The van der Waals surface area contributed by atoms with Gasteiger partial charge in [0.2, 0.25) is 10.0 Å². The standard InChI is InChI=1S/C21H29N3O3S/c1-5-24(6-2)16-18-12-10-17(11-13-18)15-22-21(25)19-8-7-9-20(14-19)28(26,27)23(3)4/h7-14H,5-6,15-16H2,1-4H3,(H,22,25)/p+1. The van der Waals surface area contributed by atoms with Crippen molar-refractivity contribution in [2.45, 2.75) is 31.8 Å². The molecule has 0 aliphatic carbocycles. The Morgan fingerprint density at radius 3 is 2.18 bits per heavy atom. The molecule has 7 heteroatoms. The summed E-state index contributed by atoms with van der Waals surface area (Å²) in [4.78, 5) is 14.1. The molecule has 0 spiro atoms. The Kier molecular flexibility index (Phi) is 7.74. The molecule has 152 valence electrons. The first kappa shape index (κ1) is 22.1. The molecule has 28 heavy (non-hydrogen) atoms. The second kappa shape index (κ2) is 9.82. The zero-order valence-corrected chi connectivity index (χ0v) is 17.8. The van der Waals surface area contributed by atoms with Crippen LogP contribution in [0.5, 0.6) is 0 Å². The zero-order chi connectivity index (χ0) is 20.7. The number of hydrogen-bond acceptors (Lipinski definition) is 3. The SMILES string of the molecule is CC[NH+](CC)Cc1ccc(CNC(=O)c2cccc(S(=O)(=O)N(C)C)c2)cc1. The number of nitrogens with zero attached hydrogens (tertiary/aromatic N) is 1. The monoisotopic (exact) mass is 404 g/mol. The highest BCUT2D eigenvalue weighted by Gasteiger charge is 2.18. The Morgan fingerprint density at radius 1 is 1.00 bits per heavy atom. The van der Waals surface area contributed by atoms with E-state index in [9.17, 15) is 13.2 Å². The fraction of sp³-hybridized carbons (Fsp3) is 0.381. The maximum atomic E-state index is 12.4. The number of nitrogens with one attached hydrogen (secondary N) is 2. The molecule has 0 bridgehead atoms. The summed E-state index contributed by atoms with van der Waals surface area (Å²) in [5, 5.41) is 2.85. The van der Waals surface area contributed by atoms with E-state index in [2.05, 4.69) is 31.3 Å². The number of sulfonamides is 1. The Hall–Kier alpha value is -2.22. The van der Waals surface area contributed by atoms with Crippen molar-refractivity contribution in [3.63, 3.8) is 0 Å². The first-order valence-corrected chi connectivity index (χ1v) is 10.9. The second-order valence-corrected chi connectivity index (χ2v) is 9.10. The molecule has 0 fully saturated rings. The lowest BCUT2D eigenvalue weighted by molar-refractivity contribution is -0.910. The van der Waals surface area contributed by atoms with Crippen molar-refractivity contribution < 1.29 is 18.1 Å². The van der Waals surface area contributed by atoms with Crippen LogP contribution in [0.15, 0.2) is 53.4 Å². The highest BCUT2D eigenvalue weighted by atomic mass is 32.2. The van der Waals surface area contributed by atoms with E-state index in [-0.39, 0.29) is 10.8 Å². The van der Waals surface area contributed by atoms with Crippen molar-refractivity contribution in [2.75, 3.05) is 27.2 Å². The van der Waals surface area contributed by atoms with Crippen LogP contribution in [0, 0.1) is 0 Å². The summed E-state index contributed by atoms with van der Waals surface area (Å²) in [5.41, 5.74) is 2.60. The average molecular weight is 405 g/mol. The molecule has 1 amide bonds. The molecule has 0 aliphatic heterocycles. The lowest BCUT2D eigenvalue weighted by atomic mass is 10.1. The van der Waals surface area contributed by atoms with Crippen molar-refractivity contribution >= 4 is 15.9 Å². The predicted molar refractivity (Wildman–Crippen MR) is 111 cm³/mol. The molecule has 0 aromatic heterocycles. The maximum absolute atomic E-state index is 12.4. The molecular formula is C21H30N3O3S+. The van der Waals surface area contributed by atoms with Crippen LogP contribution in [0.2, 0.25) is 0 Å². The third kappa shape index (κ3) is 5.64. The summed E-state index contributed by atoms with van der Waals surface area (Å²) in [6, 6.07) is 14.3. The van der Waals surface area contributed by atoms with Gasteiger partial charge in [-0.1, -0.05) is 30.3 Å². The summed E-state index contributed by atoms with van der Waals surface area (Å²) in [6.45, 7) is 7.94. The topological polar surface area (TPSA) is 70.9 Å². The van der Waals surface area contributed by atoms with E-state index in [0.29, 0.717) is 12.1 Å². The minimum Gasteiger partial charge on any atom is -0.348 e. The summed E-state index contributed by atoms with van der Waals surface area (Å²) >= 11 is 0. The first-order valence-electron chi connectivity index (χ1n) is 9.50. The fourth-order valence-corrected chi connectivity index (χ4v) is 3.80. The van der Waals surface area contributed by atoms with Crippen LogP contribution in [0.3, 0.4) is 0 Å². The predicted octanol–water partition coefficient (Wildman–Crippen LogP) is 1.29. The van der Waals surface area contributed by atoms with E-state index < -0.39 is 10.0 Å². The molecule has 0 unspecified atom stereocenters. The van der Waals surface area contributed by atoms with Gasteiger partial charge >= 0.3 is 0 Å². The van der Waals surface area contributed by atoms with Gasteiger partial charge in [-0.3, -0.25) is 4.79 Å². The normalized spacial score (nSPS) is 11.8. The van der Waals surface area contributed by atoms with Crippen molar-refractivity contribution in [3.8, 4) is 0 Å². The second-order valence-electron chi connectivity index (χ2n) is 6.95. The average Bonchev–Trinajstić information content (AvgIpc) is 2.71. The van der Waals surface area contributed by atoms with Gasteiger partial charge in [0.25, 0.3) is 5.91 Å². The lowest BCUT2D eigenvalue weighted by Gasteiger charge is -2.15. The number of carbonyl (C=O) groups is 1. The summed E-state index contributed by atoms with van der Waals surface area (Å²) in [5.74, 6) is -0.299. The van der Waals surface area contributed by atoms with E-state index >= 15 is 0 Å². The Labute approximate surface area is 168 Å². The third-order valence-electron chi connectivity index (χ3n) is 4.80. The van der Waals surface area contributed by atoms with Gasteiger partial charge < -0.3 is 10.2 Å². The molecule has 6 nitrogen and oxygen atoms in total. The zero-order valence-electron chi connectivity index (χ0n) is 17.0. The van der Waals surface area contributed by atoms with Gasteiger partial charge in [0.15, 0.2) is 0 Å². The smallest absolute Gasteiger partial charge is 0.251 e. The van der Waals surface area contributed by atoms with E-state index in [1.165, 1.54) is 36.7 Å². The Balaban J connectivity index is 2.01. The molecule has 2 rings (SSSR count). The molecule has 2 aromatic carbocycles. The fourth-order valence-electron chi connectivity index (χ4n) is 2.86. The molecule has 0 atom stereocenters. The van der Waals surface area contributed by atoms with Crippen LogP contribution in [-0.4, -0.2) is 45.8 Å². The number of benzene rings is 2. The van der Waals surface area contributed by atoms with Gasteiger partial charge in [-0.15, -0.1) is 0 Å². The minimum absolute atomic E-state index is 0.105. The lowest BCUT2D eigenvalue weighted by Crippen LogP contribution is -3.10. The summed E-state index contributed by atoms with van der Waals surface area (Å²) < 4.78 is 25.6.